The van der Waals surface area contributed by atoms with Crippen molar-refractivity contribution < 1.29 is 9.18 Å². The van der Waals surface area contributed by atoms with Gasteiger partial charge in [0, 0.05) is 17.1 Å². The molecule has 2 aromatic carbocycles. The summed E-state index contributed by atoms with van der Waals surface area (Å²) in [6.07, 6.45) is 3.14. The van der Waals surface area contributed by atoms with Crippen LogP contribution in [-0.4, -0.2) is 30.5 Å². The molecule has 2 aromatic heterocycles. The van der Waals surface area contributed by atoms with E-state index in [1.165, 1.54) is 35.3 Å². The van der Waals surface area contributed by atoms with E-state index in [4.69, 9.17) is 0 Å². The van der Waals surface area contributed by atoms with E-state index in [1.807, 2.05) is 42.7 Å². The Morgan fingerprint density at radius 2 is 1.68 bits per heavy atom. The molecule has 0 radical (unpaired) electrons. The maximum atomic E-state index is 13.0. The number of nitrogens with one attached hydrogen (secondary N) is 1. The highest BCUT2D eigenvalue weighted by atomic mass is 19.1. The van der Waals surface area contributed by atoms with Gasteiger partial charge in [-0.2, -0.15) is 9.90 Å². The van der Waals surface area contributed by atoms with E-state index >= 15 is 0 Å². The van der Waals surface area contributed by atoms with Gasteiger partial charge in [-0.15, -0.1) is 5.10 Å². The van der Waals surface area contributed by atoms with E-state index in [-0.39, 0.29) is 17.4 Å². The predicted molar refractivity (Wildman–Crippen MR) is 102 cm³/mol. The smallest absolute Gasteiger partial charge is 0.277 e. The molecule has 1 amide bonds. The Labute approximate surface area is 160 Å². The van der Waals surface area contributed by atoms with Crippen molar-refractivity contribution in [3.63, 3.8) is 0 Å². The van der Waals surface area contributed by atoms with Gasteiger partial charge in [-0.25, -0.2) is 9.37 Å². The number of aromatic nitrogens is 5. The zero-order valence-electron chi connectivity index (χ0n) is 15.3. The second-order valence-electron chi connectivity index (χ2n) is 6.28. The van der Waals surface area contributed by atoms with Gasteiger partial charge in [0.2, 0.25) is 0 Å². The lowest BCUT2D eigenvalue weighted by Crippen LogP contribution is -2.13. The minimum atomic E-state index is -0.379. The van der Waals surface area contributed by atoms with Crippen LogP contribution in [0.25, 0.3) is 11.4 Å². The SMILES string of the molecule is Cc1ncn(-c2ccc(NC(=O)c3cnn(-c4ccc(F)cc4)n3)cc2)c1C. The Balaban J connectivity index is 1.48. The highest BCUT2D eigenvalue weighted by Crippen LogP contribution is 2.17. The van der Waals surface area contributed by atoms with Crippen LogP contribution in [0, 0.1) is 19.7 Å². The van der Waals surface area contributed by atoms with Crippen molar-refractivity contribution in [1.82, 2.24) is 24.5 Å². The number of amides is 1. The monoisotopic (exact) mass is 376 g/mol. The molecule has 7 nitrogen and oxygen atoms in total. The van der Waals surface area contributed by atoms with Crippen LogP contribution < -0.4 is 5.32 Å². The van der Waals surface area contributed by atoms with Crippen molar-refractivity contribution in [2.24, 2.45) is 0 Å². The fraction of sp³-hybridized carbons (Fsp3) is 0.100. The lowest BCUT2D eigenvalue weighted by molar-refractivity contribution is 0.102. The van der Waals surface area contributed by atoms with Crippen LogP contribution in [-0.2, 0) is 0 Å². The molecule has 28 heavy (non-hydrogen) atoms. The van der Waals surface area contributed by atoms with Gasteiger partial charge in [0.15, 0.2) is 5.69 Å². The molecule has 0 aliphatic heterocycles. The third-order valence-corrected chi connectivity index (χ3v) is 4.44. The molecule has 0 aliphatic carbocycles. The van der Waals surface area contributed by atoms with E-state index in [0.29, 0.717) is 11.4 Å². The number of anilines is 1. The summed E-state index contributed by atoms with van der Waals surface area (Å²) in [5.74, 6) is -0.728. The van der Waals surface area contributed by atoms with E-state index in [1.54, 1.807) is 6.33 Å². The zero-order valence-corrected chi connectivity index (χ0v) is 15.3. The number of nitrogens with zero attached hydrogens (tertiary/aromatic N) is 5. The number of aryl methyl sites for hydroxylation is 1. The molecular weight excluding hydrogens is 359 g/mol. The van der Waals surface area contributed by atoms with Crippen molar-refractivity contribution in [1.29, 1.82) is 0 Å². The van der Waals surface area contributed by atoms with Gasteiger partial charge in [-0.05, 0) is 62.4 Å². The second-order valence-corrected chi connectivity index (χ2v) is 6.28. The van der Waals surface area contributed by atoms with Crippen molar-refractivity contribution in [3.05, 3.63) is 84.0 Å². The lowest BCUT2D eigenvalue weighted by Gasteiger charge is -2.08. The van der Waals surface area contributed by atoms with Crippen LogP contribution in [0.2, 0.25) is 0 Å². The van der Waals surface area contributed by atoms with E-state index < -0.39 is 0 Å². The first-order valence-electron chi connectivity index (χ1n) is 8.62. The number of rotatable bonds is 4. The predicted octanol–water partition coefficient (Wildman–Crippen LogP) is 3.46. The van der Waals surface area contributed by atoms with E-state index in [9.17, 15) is 9.18 Å². The van der Waals surface area contributed by atoms with Crippen LogP contribution >= 0.6 is 0 Å². The number of benzene rings is 2. The summed E-state index contributed by atoms with van der Waals surface area (Å²) >= 11 is 0. The quantitative estimate of drug-likeness (QED) is 0.592. The fourth-order valence-corrected chi connectivity index (χ4v) is 2.73. The third-order valence-electron chi connectivity index (χ3n) is 4.44. The molecule has 0 spiro atoms. The Hall–Kier alpha value is -3.81. The first-order valence-corrected chi connectivity index (χ1v) is 8.62. The number of carbonyl (C=O) groups excluding carboxylic acids is 1. The number of halogens is 1. The van der Waals surface area contributed by atoms with Crippen molar-refractivity contribution in [2.75, 3.05) is 5.32 Å². The first-order chi connectivity index (χ1) is 13.5. The number of hydrogen-bond donors (Lipinski definition) is 1. The van der Waals surface area contributed by atoms with Gasteiger partial charge in [0.25, 0.3) is 5.91 Å². The molecule has 0 saturated heterocycles. The largest absolute Gasteiger partial charge is 0.321 e. The molecule has 2 heterocycles. The Morgan fingerprint density at radius 3 is 2.32 bits per heavy atom. The van der Waals surface area contributed by atoms with Gasteiger partial charge in [0.05, 0.1) is 23.9 Å². The normalized spacial score (nSPS) is 10.8. The standard InChI is InChI=1S/C20H17FN6O/c1-13-14(2)26(12-22-13)17-9-5-16(6-10-17)24-20(28)19-11-23-27(25-19)18-7-3-15(21)4-8-18/h3-12H,1-2H3,(H,24,28). The molecule has 0 fully saturated rings. The highest BCUT2D eigenvalue weighted by molar-refractivity contribution is 6.02. The molecule has 0 saturated carbocycles. The van der Waals surface area contributed by atoms with Gasteiger partial charge < -0.3 is 9.88 Å². The average molecular weight is 376 g/mol. The molecule has 4 rings (SSSR count). The minimum Gasteiger partial charge on any atom is -0.321 e. The summed E-state index contributed by atoms with van der Waals surface area (Å²) in [6.45, 7) is 3.96. The van der Waals surface area contributed by atoms with E-state index in [0.717, 1.165) is 17.1 Å². The minimum absolute atomic E-state index is 0.162. The number of carbonyl (C=O) groups is 1. The molecule has 0 unspecified atom stereocenters. The van der Waals surface area contributed by atoms with Gasteiger partial charge in [-0.3, -0.25) is 4.79 Å². The van der Waals surface area contributed by atoms with Crippen LogP contribution in [0.1, 0.15) is 21.9 Å². The lowest BCUT2D eigenvalue weighted by atomic mass is 10.2. The summed E-state index contributed by atoms with van der Waals surface area (Å²) in [4.78, 5) is 18.0. The average Bonchev–Trinajstić information content (AvgIpc) is 3.31. The Bertz CT molecular complexity index is 1130. The maximum absolute atomic E-state index is 13.0. The molecule has 140 valence electrons. The van der Waals surface area contributed by atoms with E-state index in [2.05, 4.69) is 20.5 Å². The summed E-state index contributed by atoms with van der Waals surface area (Å²) in [5.41, 5.74) is 4.36. The number of hydrogen-bond acceptors (Lipinski definition) is 4. The van der Waals surface area contributed by atoms with Gasteiger partial charge >= 0.3 is 0 Å². The Kier molecular flexibility index (Phi) is 4.44. The zero-order chi connectivity index (χ0) is 19.7. The summed E-state index contributed by atoms with van der Waals surface area (Å²) in [7, 11) is 0. The fourth-order valence-electron chi connectivity index (χ4n) is 2.73. The Morgan fingerprint density at radius 1 is 1.00 bits per heavy atom. The van der Waals surface area contributed by atoms with Crippen LogP contribution in [0.15, 0.2) is 61.1 Å². The summed E-state index contributed by atoms with van der Waals surface area (Å²) in [5, 5.41) is 11.0. The molecular formula is C20H17FN6O. The summed E-state index contributed by atoms with van der Waals surface area (Å²) < 4.78 is 15.0. The van der Waals surface area contributed by atoms with Gasteiger partial charge in [-0.1, -0.05) is 0 Å². The molecule has 0 bridgehead atoms. The van der Waals surface area contributed by atoms with Crippen LogP contribution in [0.4, 0.5) is 10.1 Å². The van der Waals surface area contributed by atoms with Gasteiger partial charge in [0.1, 0.15) is 5.82 Å². The second kappa shape index (κ2) is 7.07. The van der Waals surface area contributed by atoms with Crippen LogP contribution in [0.3, 0.4) is 0 Å². The third kappa shape index (κ3) is 3.39. The first kappa shape index (κ1) is 17.6. The maximum Gasteiger partial charge on any atom is 0.277 e. The molecule has 0 atom stereocenters. The highest BCUT2D eigenvalue weighted by Gasteiger charge is 2.12. The van der Waals surface area contributed by atoms with Crippen molar-refractivity contribution in [2.45, 2.75) is 13.8 Å². The van der Waals surface area contributed by atoms with Crippen LogP contribution in [0.5, 0.6) is 0 Å². The van der Waals surface area contributed by atoms with Crippen molar-refractivity contribution >= 4 is 11.6 Å². The molecule has 0 aliphatic rings. The molecule has 8 heteroatoms. The topological polar surface area (TPSA) is 77.6 Å². The number of imidazole rings is 1. The van der Waals surface area contributed by atoms with Crippen molar-refractivity contribution in [3.8, 4) is 11.4 Å². The summed E-state index contributed by atoms with van der Waals surface area (Å²) in [6, 6.07) is 13.1. The molecule has 4 aromatic rings. The molecule has 1 N–H and O–H groups in total.